The number of nitriles is 1. The molecule has 1 aliphatic heterocycles. The third-order valence-electron chi connectivity index (χ3n) is 3.28. The van der Waals surface area contributed by atoms with E-state index in [0.717, 1.165) is 40.5 Å². The van der Waals surface area contributed by atoms with Gasteiger partial charge in [0.2, 0.25) is 0 Å². The molecule has 1 atom stereocenters. The predicted octanol–water partition coefficient (Wildman–Crippen LogP) is 3.87. The second-order valence-electron chi connectivity index (χ2n) is 4.52. The van der Waals surface area contributed by atoms with Crippen LogP contribution < -0.4 is 0 Å². The van der Waals surface area contributed by atoms with Gasteiger partial charge in [-0.15, -0.1) is 0 Å². The lowest BCUT2D eigenvalue weighted by molar-refractivity contribution is -0.0368. The first kappa shape index (κ1) is 13.2. The first-order valence-electron chi connectivity index (χ1n) is 6.09. The van der Waals surface area contributed by atoms with E-state index in [9.17, 15) is 5.26 Å². The number of aromatic nitrogens is 2. The zero-order valence-electron chi connectivity index (χ0n) is 10.1. The topological polar surface area (TPSA) is 50.8 Å². The minimum absolute atomic E-state index is 0.0511. The lowest BCUT2D eigenvalue weighted by Crippen LogP contribution is -2.19. The van der Waals surface area contributed by atoms with Crippen molar-refractivity contribution in [2.45, 2.75) is 25.5 Å². The van der Waals surface area contributed by atoms with Crippen molar-refractivity contribution in [2.75, 3.05) is 6.61 Å². The molecule has 1 unspecified atom stereocenters. The van der Waals surface area contributed by atoms with Gasteiger partial charge in [-0.05, 0) is 54.0 Å². The minimum atomic E-state index is -0.0511. The Morgan fingerprint density at radius 2 is 2.32 bits per heavy atom. The summed E-state index contributed by atoms with van der Waals surface area (Å²) in [4.78, 5) is 0. The van der Waals surface area contributed by atoms with E-state index in [2.05, 4.69) is 33.8 Å². The fourth-order valence-corrected chi connectivity index (χ4v) is 3.42. The average molecular weight is 388 g/mol. The molecule has 2 heterocycles. The number of fused-ring (bicyclic) bond motifs is 1. The first-order valence-corrected chi connectivity index (χ1v) is 7.55. The van der Waals surface area contributed by atoms with E-state index in [1.165, 1.54) is 0 Å². The standard InChI is InChI=1S/C13H11ClIN3O/c14-9-5-8(7-16)12-10(6-9)18(17-13(12)15)11-3-1-2-4-19-11/h5-6,11H,1-4H2. The van der Waals surface area contributed by atoms with Crippen molar-refractivity contribution >= 4 is 45.1 Å². The van der Waals surface area contributed by atoms with Crippen LogP contribution in [-0.4, -0.2) is 16.4 Å². The third kappa shape index (κ3) is 2.33. The molecule has 0 saturated carbocycles. The van der Waals surface area contributed by atoms with Crippen LogP contribution in [0, 0.1) is 15.0 Å². The van der Waals surface area contributed by atoms with Crippen molar-refractivity contribution in [3.05, 3.63) is 26.4 Å². The fraction of sp³-hybridized carbons (Fsp3) is 0.385. The van der Waals surface area contributed by atoms with Crippen molar-refractivity contribution in [3.8, 4) is 6.07 Å². The molecule has 4 nitrogen and oxygen atoms in total. The minimum Gasteiger partial charge on any atom is -0.356 e. The summed E-state index contributed by atoms with van der Waals surface area (Å²) >= 11 is 8.24. The molecule has 1 aromatic heterocycles. The normalized spacial score (nSPS) is 19.5. The molecular weight excluding hydrogens is 377 g/mol. The molecule has 1 aromatic carbocycles. The van der Waals surface area contributed by atoms with Gasteiger partial charge in [0, 0.05) is 11.6 Å². The molecule has 1 saturated heterocycles. The smallest absolute Gasteiger partial charge is 0.150 e. The van der Waals surface area contributed by atoms with Crippen molar-refractivity contribution in [2.24, 2.45) is 0 Å². The molecule has 1 aliphatic rings. The molecule has 0 N–H and O–H groups in total. The number of hydrogen-bond donors (Lipinski definition) is 0. The fourth-order valence-electron chi connectivity index (χ4n) is 2.41. The summed E-state index contributed by atoms with van der Waals surface area (Å²) in [6, 6.07) is 5.72. The molecular formula is C13H11ClIN3O. The van der Waals surface area contributed by atoms with Gasteiger partial charge in [0.25, 0.3) is 0 Å². The Bertz CT molecular complexity index is 671. The highest BCUT2D eigenvalue weighted by Crippen LogP contribution is 2.32. The van der Waals surface area contributed by atoms with Crippen LogP contribution in [0.25, 0.3) is 10.9 Å². The van der Waals surface area contributed by atoms with Crippen molar-refractivity contribution < 1.29 is 4.74 Å². The van der Waals surface area contributed by atoms with Crippen LogP contribution >= 0.6 is 34.2 Å². The molecule has 0 amide bonds. The van der Waals surface area contributed by atoms with E-state index in [-0.39, 0.29) is 6.23 Å². The van der Waals surface area contributed by atoms with E-state index in [4.69, 9.17) is 16.3 Å². The molecule has 0 radical (unpaired) electrons. The van der Waals surface area contributed by atoms with E-state index in [1.807, 2.05) is 10.7 Å². The summed E-state index contributed by atoms with van der Waals surface area (Å²) in [5.41, 5.74) is 1.44. The monoisotopic (exact) mass is 387 g/mol. The quantitative estimate of drug-likeness (QED) is 0.698. The van der Waals surface area contributed by atoms with Crippen LogP contribution in [0.1, 0.15) is 31.1 Å². The maximum atomic E-state index is 9.22. The van der Waals surface area contributed by atoms with Gasteiger partial charge < -0.3 is 4.74 Å². The van der Waals surface area contributed by atoms with Gasteiger partial charge in [-0.3, -0.25) is 0 Å². The summed E-state index contributed by atoms with van der Waals surface area (Å²) in [5, 5.41) is 15.2. The van der Waals surface area contributed by atoms with E-state index in [1.54, 1.807) is 6.07 Å². The Labute approximate surface area is 129 Å². The van der Waals surface area contributed by atoms with Gasteiger partial charge in [-0.25, -0.2) is 4.68 Å². The molecule has 98 valence electrons. The first-order chi connectivity index (χ1) is 9.20. The zero-order valence-corrected chi connectivity index (χ0v) is 13.0. The lowest BCUT2D eigenvalue weighted by Gasteiger charge is -2.23. The van der Waals surface area contributed by atoms with Gasteiger partial charge in [0.05, 0.1) is 22.5 Å². The van der Waals surface area contributed by atoms with Crippen LogP contribution in [0.4, 0.5) is 0 Å². The van der Waals surface area contributed by atoms with Gasteiger partial charge in [0.1, 0.15) is 3.70 Å². The molecule has 2 aromatic rings. The molecule has 1 fully saturated rings. The number of hydrogen-bond acceptors (Lipinski definition) is 3. The Kier molecular flexibility index (Phi) is 3.65. The zero-order chi connectivity index (χ0) is 13.4. The second kappa shape index (κ2) is 5.27. The average Bonchev–Trinajstić information content (AvgIpc) is 2.76. The van der Waals surface area contributed by atoms with E-state index in [0.29, 0.717) is 10.6 Å². The van der Waals surface area contributed by atoms with Crippen LogP contribution in [0.5, 0.6) is 0 Å². The SMILES string of the molecule is N#Cc1cc(Cl)cc2c1c(I)nn2C1CCCCO1. The van der Waals surface area contributed by atoms with Gasteiger partial charge in [0.15, 0.2) is 6.23 Å². The van der Waals surface area contributed by atoms with Crippen molar-refractivity contribution in [1.29, 1.82) is 5.26 Å². The summed E-state index contributed by atoms with van der Waals surface area (Å²) in [7, 11) is 0. The maximum Gasteiger partial charge on any atom is 0.150 e. The number of benzene rings is 1. The van der Waals surface area contributed by atoms with Crippen LogP contribution in [-0.2, 0) is 4.74 Å². The third-order valence-corrected chi connectivity index (χ3v) is 4.25. The Morgan fingerprint density at radius 1 is 1.47 bits per heavy atom. The van der Waals surface area contributed by atoms with Crippen LogP contribution in [0.2, 0.25) is 5.02 Å². The number of rotatable bonds is 1. The number of ether oxygens (including phenoxy) is 1. The Hall–Kier alpha value is -0.840. The van der Waals surface area contributed by atoms with Gasteiger partial charge in [-0.2, -0.15) is 10.4 Å². The molecule has 3 rings (SSSR count). The van der Waals surface area contributed by atoms with Crippen LogP contribution in [0.15, 0.2) is 12.1 Å². The maximum absolute atomic E-state index is 9.22. The molecule has 6 heteroatoms. The molecule has 0 spiro atoms. The highest BCUT2D eigenvalue weighted by Gasteiger charge is 2.22. The largest absolute Gasteiger partial charge is 0.356 e. The van der Waals surface area contributed by atoms with E-state index >= 15 is 0 Å². The number of nitrogens with zero attached hydrogens (tertiary/aromatic N) is 3. The summed E-state index contributed by atoms with van der Waals surface area (Å²) in [5.74, 6) is 0. The number of halogens is 2. The highest BCUT2D eigenvalue weighted by molar-refractivity contribution is 14.1. The van der Waals surface area contributed by atoms with Gasteiger partial charge in [-0.1, -0.05) is 11.6 Å². The van der Waals surface area contributed by atoms with Crippen LogP contribution in [0.3, 0.4) is 0 Å². The Morgan fingerprint density at radius 3 is 3.00 bits per heavy atom. The second-order valence-corrected chi connectivity index (χ2v) is 5.97. The summed E-state index contributed by atoms with van der Waals surface area (Å²) < 4.78 is 8.45. The summed E-state index contributed by atoms with van der Waals surface area (Å²) in [6.07, 6.45) is 3.12. The molecule has 19 heavy (non-hydrogen) atoms. The van der Waals surface area contributed by atoms with Crippen molar-refractivity contribution in [3.63, 3.8) is 0 Å². The molecule has 0 bridgehead atoms. The van der Waals surface area contributed by atoms with Gasteiger partial charge >= 0.3 is 0 Å². The predicted molar refractivity (Wildman–Crippen MR) is 81.0 cm³/mol. The lowest BCUT2D eigenvalue weighted by atomic mass is 10.1. The summed E-state index contributed by atoms with van der Waals surface area (Å²) in [6.45, 7) is 0.758. The van der Waals surface area contributed by atoms with E-state index < -0.39 is 0 Å². The highest BCUT2D eigenvalue weighted by atomic mass is 127. The molecule has 0 aliphatic carbocycles. The van der Waals surface area contributed by atoms with Crippen molar-refractivity contribution in [1.82, 2.24) is 9.78 Å². The Balaban J connectivity index is 2.21.